The number of anilines is 2. The smallest absolute Gasteiger partial charge is 0.353 e. The molecule has 5 rings (SSSR count). The van der Waals surface area contributed by atoms with E-state index in [0.717, 1.165) is 21.9 Å². The summed E-state index contributed by atoms with van der Waals surface area (Å²) in [6.07, 6.45) is 1.23. The van der Waals surface area contributed by atoms with Crippen LogP contribution in [0.4, 0.5) is 25.0 Å². The molecule has 4 aromatic rings. The van der Waals surface area contributed by atoms with Crippen molar-refractivity contribution in [2.45, 2.75) is 11.4 Å². The van der Waals surface area contributed by atoms with Crippen molar-refractivity contribution >= 4 is 44.4 Å². The van der Waals surface area contributed by atoms with E-state index in [4.69, 9.17) is 9.47 Å². The molecule has 1 N–H and O–H groups in total. The Labute approximate surface area is 220 Å². The molecule has 202 valence electrons. The first-order valence-corrected chi connectivity index (χ1v) is 12.7. The third-order valence-electron chi connectivity index (χ3n) is 6.34. The van der Waals surface area contributed by atoms with Crippen LogP contribution in [0.3, 0.4) is 0 Å². The molecule has 0 radical (unpaired) electrons. The molecule has 0 fully saturated rings. The molecule has 2 aromatic carbocycles. The Morgan fingerprint density at radius 1 is 1.03 bits per heavy atom. The number of amides is 2. The third kappa shape index (κ3) is 3.82. The molecular weight excluding hydrogens is 538 g/mol. The summed E-state index contributed by atoms with van der Waals surface area (Å²) in [6.45, 7) is -0.370. The van der Waals surface area contributed by atoms with Crippen molar-refractivity contribution in [1.29, 1.82) is 0 Å². The van der Waals surface area contributed by atoms with Crippen LogP contribution in [-0.4, -0.2) is 55.7 Å². The number of aromatic nitrogens is 2. The topological polar surface area (TPSA) is 131 Å². The van der Waals surface area contributed by atoms with E-state index in [1.807, 2.05) is 0 Å². The zero-order valence-electron chi connectivity index (χ0n) is 20.7. The number of fused-ring (bicyclic) bond motifs is 3. The molecule has 0 spiro atoms. The van der Waals surface area contributed by atoms with E-state index >= 15 is 8.78 Å². The Bertz CT molecular complexity index is 1750. The largest absolute Gasteiger partial charge is 0.493 e. The van der Waals surface area contributed by atoms with E-state index in [1.54, 1.807) is 6.07 Å². The summed E-state index contributed by atoms with van der Waals surface area (Å²) >= 11 is 0. The fourth-order valence-corrected chi connectivity index (χ4v) is 6.03. The number of rotatable bonds is 6. The number of carboxylic acids is 1. The Balaban J connectivity index is 1.73. The summed E-state index contributed by atoms with van der Waals surface area (Å²) in [7, 11) is -0.745. The molecule has 0 saturated carbocycles. The van der Waals surface area contributed by atoms with Crippen molar-refractivity contribution in [2.75, 3.05) is 31.1 Å². The van der Waals surface area contributed by atoms with Gasteiger partial charge in [-0.15, -0.1) is 0 Å². The van der Waals surface area contributed by atoms with Crippen molar-refractivity contribution in [3.05, 3.63) is 71.6 Å². The Kier molecular flexibility index (Phi) is 6.13. The molecule has 2 amide bonds. The van der Waals surface area contributed by atoms with E-state index in [0.29, 0.717) is 3.97 Å². The second-order valence-electron chi connectivity index (χ2n) is 8.47. The number of nitrogens with zero attached hydrogens (tertiary/aromatic N) is 4. The summed E-state index contributed by atoms with van der Waals surface area (Å²) in [4.78, 5) is 31.5. The zero-order valence-corrected chi connectivity index (χ0v) is 21.5. The fourth-order valence-electron chi connectivity index (χ4n) is 4.55. The number of hydrogen-bond acceptors (Lipinski definition) is 7. The maximum atomic E-state index is 15.2. The van der Waals surface area contributed by atoms with Gasteiger partial charge in [-0.3, -0.25) is 9.80 Å². The predicted octanol–water partition coefficient (Wildman–Crippen LogP) is 3.84. The van der Waals surface area contributed by atoms with E-state index in [-0.39, 0.29) is 45.2 Å². The second kappa shape index (κ2) is 9.23. The van der Waals surface area contributed by atoms with Gasteiger partial charge in [-0.25, -0.2) is 35.7 Å². The molecule has 1 aliphatic rings. The highest BCUT2D eigenvalue weighted by Crippen LogP contribution is 2.42. The summed E-state index contributed by atoms with van der Waals surface area (Å²) in [5, 5.41) is 9.89. The molecule has 39 heavy (non-hydrogen) atoms. The molecule has 0 aliphatic carbocycles. The molecule has 2 aromatic heterocycles. The molecule has 0 unspecified atom stereocenters. The van der Waals surface area contributed by atoms with Crippen molar-refractivity contribution in [3.63, 3.8) is 0 Å². The van der Waals surface area contributed by atoms with E-state index in [1.165, 1.54) is 51.7 Å². The average molecular weight is 559 g/mol. The summed E-state index contributed by atoms with van der Waals surface area (Å²) in [6, 6.07) is 8.43. The van der Waals surface area contributed by atoms with Gasteiger partial charge in [0.25, 0.3) is 10.0 Å². The van der Waals surface area contributed by atoms with Crippen LogP contribution in [-0.2, 0) is 16.6 Å². The number of carboxylic acid groups (broad SMARTS) is 1. The van der Waals surface area contributed by atoms with Crippen molar-refractivity contribution in [2.24, 2.45) is 0 Å². The standard InChI is InChI=1S/C25H20F2N4O7S/c1-29-21-13(12-30(25(29)34)22-19(26)17(37-2)10-18(38-3)20(22)27)11-28-23-15(21)9-16(24(32)33)31(23)39(35,36)14-7-5-4-6-8-14/h4-11H,12H2,1-3H3,(H,32,33). The number of carbonyl (C=O) groups is 2. The lowest BCUT2D eigenvalue weighted by molar-refractivity contribution is 0.0689. The highest BCUT2D eigenvalue weighted by atomic mass is 32.2. The van der Waals surface area contributed by atoms with Crippen LogP contribution in [0.2, 0.25) is 0 Å². The fraction of sp³-hybridized carbons (Fsp3) is 0.160. The van der Waals surface area contributed by atoms with Gasteiger partial charge in [0.15, 0.2) is 28.8 Å². The summed E-state index contributed by atoms with van der Waals surface area (Å²) in [5.74, 6) is -4.52. The molecule has 3 heterocycles. The molecule has 1 aliphatic heterocycles. The van der Waals surface area contributed by atoms with Crippen LogP contribution < -0.4 is 19.3 Å². The predicted molar refractivity (Wildman–Crippen MR) is 135 cm³/mol. The number of halogens is 2. The van der Waals surface area contributed by atoms with Crippen LogP contribution in [0.25, 0.3) is 11.0 Å². The van der Waals surface area contributed by atoms with E-state index in [2.05, 4.69) is 4.98 Å². The monoisotopic (exact) mass is 558 g/mol. The van der Waals surface area contributed by atoms with Crippen molar-refractivity contribution < 1.29 is 41.4 Å². The number of pyridine rings is 1. The molecule has 0 saturated heterocycles. The Morgan fingerprint density at radius 2 is 1.64 bits per heavy atom. The van der Waals surface area contributed by atoms with Gasteiger partial charge in [0.1, 0.15) is 11.4 Å². The SMILES string of the molecule is COc1cc(OC)c(F)c(N2Cc3cnc4c(cc(C(=O)O)n4S(=O)(=O)c4ccccc4)c3N(C)C2=O)c1F. The van der Waals surface area contributed by atoms with E-state index in [9.17, 15) is 23.1 Å². The first kappa shape index (κ1) is 25.9. The van der Waals surface area contributed by atoms with Gasteiger partial charge in [-0.1, -0.05) is 18.2 Å². The number of aromatic carboxylic acids is 1. The van der Waals surface area contributed by atoms with Gasteiger partial charge < -0.3 is 14.6 Å². The molecule has 11 nitrogen and oxygen atoms in total. The van der Waals surface area contributed by atoms with Gasteiger partial charge >= 0.3 is 12.0 Å². The van der Waals surface area contributed by atoms with Gasteiger partial charge in [-0.2, -0.15) is 0 Å². The third-order valence-corrected chi connectivity index (χ3v) is 8.06. The highest BCUT2D eigenvalue weighted by Gasteiger charge is 2.38. The minimum absolute atomic E-state index is 0.0454. The average Bonchev–Trinajstić information content (AvgIpc) is 3.33. The Morgan fingerprint density at radius 3 is 2.21 bits per heavy atom. The highest BCUT2D eigenvalue weighted by molar-refractivity contribution is 7.90. The van der Waals surface area contributed by atoms with Gasteiger partial charge in [0.2, 0.25) is 0 Å². The first-order chi connectivity index (χ1) is 18.5. The molecule has 0 bridgehead atoms. The van der Waals surface area contributed by atoms with E-state index < -0.39 is 45.0 Å². The summed E-state index contributed by atoms with van der Waals surface area (Å²) < 4.78 is 67.9. The summed E-state index contributed by atoms with van der Waals surface area (Å²) in [5.41, 5.74) is -1.14. The number of hydrogen-bond donors (Lipinski definition) is 1. The minimum atomic E-state index is -4.40. The lowest BCUT2D eigenvalue weighted by atomic mass is 10.1. The molecule has 14 heteroatoms. The first-order valence-electron chi connectivity index (χ1n) is 11.2. The lowest BCUT2D eigenvalue weighted by Crippen LogP contribution is -2.46. The van der Waals surface area contributed by atoms with Gasteiger partial charge in [0.05, 0.1) is 31.3 Å². The maximum absolute atomic E-state index is 15.2. The van der Waals surface area contributed by atoms with Crippen LogP contribution >= 0.6 is 0 Å². The lowest BCUT2D eigenvalue weighted by Gasteiger charge is -2.35. The molecule has 0 atom stereocenters. The maximum Gasteiger partial charge on any atom is 0.353 e. The minimum Gasteiger partial charge on any atom is -0.493 e. The van der Waals surface area contributed by atoms with Crippen molar-refractivity contribution in [3.8, 4) is 11.5 Å². The number of carbonyl (C=O) groups excluding carboxylic acids is 1. The normalized spacial score (nSPS) is 13.5. The molecular formula is C25H20F2N4O7S. The Hall–Kier alpha value is -4.72. The van der Waals surface area contributed by atoms with Gasteiger partial charge in [0, 0.05) is 30.3 Å². The quantitative estimate of drug-likeness (QED) is 0.378. The van der Waals surface area contributed by atoms with Crippen LogP contribution in [0.1, 0.15) is 16.1 Å². The van der Waals surface area contributed by atoms with Crippen LogP contribution in [0.15, 0.2) is 53.6 Å². The zero-order chi connectivity index (χ0) is 28.2. The number of benzene rings is 2. The van der Waals surface area contributed by atoms with Crippen molar-refractivity contribution in [1.82, 2.24) is 8.96 Å². The number of methoxy groups -OCH3 is 2. The van der Waals surface area contributed by atoms with Gasteiger partial charge in [-0.05, 0) is 18.2 Å². The van der Waals surface area contributed by atoms with Crippen LogP contribution in [0, 0.1) is 11.6 Å². The second-order valence-corrected chi connectivity index (χ2v) is 10.3. The number of ether oxygens (including phenoxy) is 2. The van der Waals surface area contributed by atoms with Crippen LogP contribution in [0.5, 0.6) is 11.5 Å². The number of urea groups is 1.